The van der Waals surface area contributed by atoms with E-state index in [1.165, 1.54) is 19.1 Å². The van der Waals surface area contributed by atoms with Gasteiger partial charge in [-0.15, -0.1) is 10.2 Å². The molecule has 2 aromatic rings. The maximum absolute atomic E-state index is 11.7. The fraction of sp³-hybridized carbons (Fsp3) is 0.143. The number of hydrogen-bond donors (Lipinski definition) is 1. The number of nitrogens with zero attached hydrogens (tertiary/aromatic N) is 2. The lowest BCUT2D eigenvalue weighted by Gasteiger charge is -2.07. The Morgan fingerprint density at radius 2 is 2.05 bits per heavy atom. The topological polar surface area (TPSA) is 81.2 Å². The van der Waals surface area contributed by atoms with E-state index in [2.05, 4.69) is 15.5 Å². The quantitative estimate of drug-likeness (QED) is 0.858. The molecule has 2 rings (SSSR count). The molecule has 0 spiro atoms. The molecule has 7 heteroatoms. The molecule has 1 amide bonds. The molecule has 0 fully saturated rings. The predicted molar refractivity (Wildman–Crippen MR) is 77.6 cm³/mol. The van der Waals surface area contributed by atoms with Crippen LogP contribution in [0.25, 0.3) is 0 Å². The second-order valence-corrected chi connectivity index (χ2v) is 4.55. The highest BCUT2D eigenvalue weighted by molar-refractivity contribution is 6.29. The van der Waals surface area contributed by atoms with Gasteiger partial charge in [-0.1, -0.05) is 23.7 Å². The Bertz CT molecular complexity index is 659. The number of hydrogen-bond acceptors (Lipinski definition) is 5. The van der Waals surface area contributed by atoms with E-state index in [4.69, 9.17) is 16.3 Å². The van der Waals surface area contributed by atoms with Crippen LogP contribution >= 0.6 is 11.6 Å². The summed E-state index contributed by atoms with van der Waals surface area (Å²) in [6.07, 6.45) is 0. The maximum Gasteiger partial charge on any atom is 0.263 e. The minimum absolute atomic E-state index is 0.0682. The summed E-state index contributed by atoms with van der Waals surface area (Å²) < 4.78 is 5.32. The normalized spacial score (nSPS) is 10.0. The first-order valence-electron chi connectivity index (χ1n) is 6.07. The molecule has 0 aliphatic carbocycles. The Labute approximate surface area is 126 Å². The third kappa shape index (κ3) is 4.54. The van der Waals surface area contributed by atoms with E-state index in [0.717, 1.165) is 0 Å². The number of amides is 1. The van der Waals surface area contributed by atoms with Crippen LogP contribution in [0.3, 0.4) is 0 Å². The van der Waals surface area contributed by atoms with Crippen molar-refractivity contribution in [1.82, 2.24) is 10.2 Å². The smallest absolute Gasteiger partial charge is 0.263 e. The van der Waals surface area contributed by atoms with Gasteiger partial charge in [0.2, 0.25) is 0 Å². The molecule has 0 aliphatic rings. The second-order valence-electron chi connectivity index (χ2n) is 4.16. The van der Waals surface area contributed by atoms with Crippen LogP contribution in [0.4, 0.5) is 5.82 Å². The predicted octanol–water partition coefficient (Wildman–Crippen LogP) is 2.35. The summed E-state index contributed by atoms with van der Waals surface area (Å²) in [6.45, 7) is 1.26. The third-order valence-corrected chi connectivity index (χ3v) is 2.71. The largest absolute Gasteiger partial charge is 0.484 e. The van der Waals surface area contributed by atoms with Gasteiger partial charge in [-0.3, -0.25) is 9.59 Å². The molecule has 0 aliphatic heterocycles. The molecule has 1 heterocycles. The highest BCUT2D eigenvalue weighted by atomic mass is 35.5. The summed E-state index contributed by atoms with van der Waals surface area (Å²) >= 11 is 5.59. The molecule has 1 aromatic heterocycles. The van der Waals surface area contributed by atoms with E-state index < -0.39 is 0 Å². The SMILES string of the molecule is CC(=O)c1cccc(OCC(=O)Nc2ccc(Cl)nn2)c1. The van der Waals surface area contributed by atoms with Crippen LogP contribution in [-0.4, -0.2) is 28.5 Å². The highest BCUT2D eigenvalue weighted by Gasteiger charge is 2.06. The van der Waals surface area contributed by atoms with E-state index in [-0.39, 0.29) is 29.3 Å². The summed E-state index contributed by atoms with van der Waals surface area (Å²) in [5.41, 5.74) is 0.525. The molecule has 6 nitrogen and oxygen atoms in total. The fourth-order valence-electron chi connectivity index (χ4n) is 1.52. The van der Waals surface area contributed by atoms with Gasteiger partial charge in [0, 0.05) is 5.56 Å². The van der Waals surface area contributed by atoms with Crippen LogP contribution < -0.4 is 10.1 Å². The molecule has 0 bridgehead atoms. The van der Waals surface area contributed by atoms with Crippen molar-refractivity contribution in [3.8, 4) is 5.75 Å². The molecule has 0 radical (unpaired) electrons. The minimum atomic E-state index is -0.389. The highest BCUT2D eigenvalue weighted by Crippen LogP contribution is 2.14. The number of benzene rings is 1. The zero-order chi connectivity index (χ0) is 15.2. The summed E-state index contributed by atoms with van der Waals surface area (Å²) in [4.78, 5) is 22.9. The van der Waals surface area contributed by atoms with Crippen LogP contribution in [0.2, 0.25) is 5.15 Å². The summed E-state index contributed by atoms with van der Waals surface area (Å²) in [7, 11) is 0. The molecule has 0 atom stereocenters. The number of carbonyl (C=O) groups excluding carboxylic acids is 2. The number of anilines is 1. The van der Waals surface area contributed by atoms with Crippen molar-refractivity contribution in [3.05, 3.63) is 47.1 Å². The van der Waals surface area contributed by atoms with Gasteiger partial charge in [0.15, 0.2) is 23.4 Å². The van der Waals surface area contributed by atoms with Crippen molar-refractivity contribution in [2.45, 2.75) is 6.92 Å². The molecule has 0 saturated heterocycles. The van der Waals surface area contributed by atoms with Crippen LogP contribution in [0.1, 0.15) is 17.3 Å². The lowest BCUT2D eigenvalue weighted by atomic mass is 10.1. The first kappa shape index (κ1) is 14.9. The van der Waals surface area contributed by atoms with Crippen LogP contribution in [-0.2, 0) is 4.79 Å². The van der Waals surface area contributed by atoms with E-state index >= 15 is 0 Å². The fourth-order valence-corrected chi connectivity index (χ4v) is 1.62. The number of Topliss-reactive ketones (excluding diaryl/α,β-unsaturated/α-hetero) is 1. The van der Waals surface area contributed by atoms with Gasteiger partial charge in [-0.25, -0.2) is 0 Å². The van der Waals surface area contributed by atoms with Crippen molar-refractivity contribution in [2.24, 2.45) is 0 Å². The van der Waals surface area contributed by atoms with Crippen LogP contribution in [0.5, 0.6) is 5.75 Å². The summed E-state index contributed by atoms with van der Waals surface area (Å²) in [5.74, 6) is 0.270. The Kier molecular flexibility index (Phi) is 4.84. The van der Waals surface area contributed by atoms with Crippen LogP contribution in [0, 0.1) is 0 Å². The molecule has 1 aromatic carbocycles. The molecular weight excluding hydrogens is 294 g/mol. The first-order chi connectivity index (χ1) is 10.0. The van der Waals surface area contributed by atoms with Gasteiger partial charge in [-0.05, 0) is 31.2 Å². The Hall–Kier alpha value is -2.47. The van der Waals surface area contributed by atoms with Gasteiger partial charge < -0.3 is 10.1 Å². The number of aromatic nitrogens is 2. The number of ketones is 1. The lowest BCUT2D eigenvalue weighted by Crippen LogP contribution is -2.21. The van der Waals surface area contributed by atoms with Crippen molar-refractivity contribution in [1.29, 1.82) is 0 Å². The van der Waals surface area contributed by atoms with Gasteiger partial charge in [0.25, 0.3) is 5.91 Å². The standard InChI is InChI=1S/C14H12ClN3O3/c1-9(19)10-3-2-4-11(7-10)21-8-14(20)16-13-6-5-12(15)17-18-13/h2-7H,8H2,1H3,(H,16,18,20). The number of rotatable bonds is 5. The molecule has 0 saturated carbocycles. The number of nitrogens with one attached hydrogen (secondary N) is 1. The summed E-state index contributed by atoms with van der Waals surface area (Å²) in [6, 6.07) is 9.66. The van der Waals surface area contributed by atoms with E-state index in [0.29, 0.717) is 11.3 Å². The molecule has 21 heavy (non-hydrogen) atoms. The Balaban J connectivity index is 1.90. The van der Waals surface area contributed by atoms with Crippen molar-refractivity contribution >= 4 is 29.1 Å². The molecule has 108 valence electrons. The van der Waals surface area contributed by atoms with Crippen LogP contribution in [0.15, 0.2) is 36.4 Å². The molecule has 1 N–H and O–H groups in total. The Morgan fingerprint density at radius 1 is 1.24 bits per heavy atom. The number of carbonyl (C=O) groups is 2. The summed E-state index contributed by atoms with van der Waals surface area (Å²) in [5, 5.41) is 10.1. The first-order valence-corrected chi connectivity index (χ1v) is 6.45. The average Bonchev–Trinajstić information content (AvgIpc) is 2.48. The average molecular weight is 306 g/mol. The molecule has 0 unspecified atom stereocenters. The van der Waals surface area contributed by atoms with Crippen molar-refractivity contribution in [2.75, 3.05) is 11.9 Å². The zero-order valence-corrected chi connectivity index (χ0v) is 11.9. The van der Waals surface area contributed by atoms with Crippen molar-refractivity contribution < 1.29 is 14.3 Å². The minimum Gasteiger partial charge on any atom is -0.484 e. The van der Waals surface area contributed by atoms with Crippen molar-refractivity contribution in [3.63, 3.8) is 0 Å². The number of ether oxygens (including phenoxy) is 1. The van der Waals surface area contributed by atoms with E-state index in [1.54, 1.807) is 24.3 Å². The van der Waals surface area contributed by atoms with E-state index in [9.17, 15) is 9.59 Å². The maximum atomic E-state index is 11.7. The van der Waals surface area contributed by atoms with Gasteiger partial charge in [-0.2, -0.15) is 0 Å². The number of halogens is 1. The van der Waals surface area contributed by atoms with Gasteiger partial charge in [0.05, 0.1) is 0 Å². The zero-order valence-electron chi connectivity index (χ0n) is 11.2. The second kappa shape index (κ2) is 6.81. The van der Waals surface area contributed by atoms with Gasteiger partial charge >= 0.3 is 0 Å². The Morgan fingerprint density at radius 3 is 2.71 bits per heavy atom. The monoisotopic (exact) mass is 305 g/mol. The van der Waals surface area contributed by atoms with Gasteiger partial charge in [0.1, 0.15) is 5.75 Å². The van der Waals surface area contributed by atoms with E-state index in [1.807, 2.05) is 0 Å². The molecular formula is C14H12ClN3O3. The lowest BCUT2D eigenvalue weighted by molar-refractivity contribution is -0.118. The third-order valence-electron chi connectivity index (χ3n) is 2.51.